The van der Waals surface area contributed by atoms with Gasteiger partial charge in [-0.15, -0.1) is 0 Å². The second-order valence-electron chi connectivity index (χ2n) is 6.80. The Morgan fingerprint density at radius 3 is 2.47 bits per heavy atom. The molecule has 156 valence electrons. The smallest absolute Gasteiger partial charge is 0.133 e. The fraction of sp³-hybridized carbons (Fsp3) is 0.154. The monoisotopic (exact) mass is 406 g/mol. The van der Waals surface area contributed by atoms with Gasteiger partial charge >= 0.3 is 0 Å². The number of anilines is 1. The van der Waals surface area contributed by atoms with Crippen molar-refractivity contribution in [2.24, 2.45) is 0 Å². The van der Waals surface area contributed by atoms with Crippen molar-refractivity contribution >= 4 is 11.8 Å². The zero-order chi connectivity index (χ0) is 21.9. The molecule has 2 N–H and O–H groups in total. The quantitative estimate of drug-likeness (QED) is 0.418. The van der Waals surface area contributed by atoms with Gasteiger partial charge in [-0.1, -0.05) is 55.7 Å². The van der Waals surface area contributed by atoms with Crippen molar-refractivity contribution in [1.82, 2.24) is 5.32 Å². The molecule has 4 heteroatoms. The molecule has 2 aromatic rings. The van der Waals surface area contributed by atoms with Gasteiger partial charge in [0, 0.05) is 29.5 Å². The number of halogens is 2. The molecule has 1 atom stereocenters. The van der Waals surface area contributed by atoms with E-state index >= 15 is 0 Å². The largest absolute Gasteiger partial charge is 0.381 e. The molecule has 0 fully saturated rings. The minimum Gasteiger partial charge on any atom is -0.381 e. The molecule has 0 aliphatic carbocycles. The summed E-state index contributed by atoms with van der Waals surface area (Å²) in [6.45, 7) is 12.3. The molecule has 0 radical (unpaired) electrons. The topological polar surface area (TPSA) is 24.1 Å². The first-order valence-electron chi connectivity index (χ1n) is 9.80. The Kier molecular flexibility index (Phi) is 8.82. The molecule has 0 heterocycles. The summed E-state index contributed by atoms with van der Waals surface area (Å²) >= 11 is 0. The van der Waals surface area contributed by atoms with E-state index < -0.39 is 11.6 Å². The van der Waals surface area contributed by atoms with Crippen molar-refractivity contribution in [3.8, 4) is 0 Å². The van der Waals surface area contributed by atoms with Crippen molar-refractivity contribution in [2.75, 3.05) is 11.9 Å². The molecule has 2 aromatic carbocycles. The van der Waals surface area contributed by atoms with Crippen LogP contribution in [0.5, 0.6) is 0 Å². The third kappa shape index (κ3) is 6.89. The minimum atomic E-state index is -0.602. The average Bonchev–Trinajstić information content (AvgIpc) is 2.73. The highest BCUT2D eigenvalue weighted by molar-refractivity contribution is 5.54. The lowest BCUT2D eigenvalue weighted by atomic mass is 10.1. The second kappa shape index (κ2) is 11.6. The maximum Gasteiger partial charge on any atom is 0.133 e. The van der Waals surface area contributed by atoms with E-state index in [1.54, 1.807) is 12.2 Å². The van der Waals surface area contributed by atoms with Crippen LogP contribution in [0.3, 0.4) is 0 Å². The zero-order valence-electron chi connectivity index (χ0n) is 17.5. The number of allylic oxidation sites excluding steroid dienone is 4. The van der Waals surface area contributed by atoms with Crippen molar-refractivity contribution in [2.45, 2.75) is 19.9 Å². The number of benzene rings is 2. The van der Waals surface area contributed by atoms with Crippen LogP contribution in [0, 0.1) is 11.6 Å². The lowest BCUT2D eigenvalue weighted by molar-refractivity contribution is 0.578. The van der Waals surface area contributed by atoms with E-state index in [1.165, 1.54) is 24.3 Å². The van der Waals surface area contributed by atoms with Gasteiger partial charge in [-0.2, -0.15) is 0 Å². The van der Waals surface area contributed by atoms with Crippen LogP contribution in [0.25, 0.3) is 6.08 Å². The number of nitrogens with one attached hydrogen (secondary N) is 2. The predicted octanol–water partition coefficient (Wildman–Crippen LogP) is 6.94. The molecule has 0 bridgehead atoms. The maximum atomic E-state index is 13.7. The van der Waals surface area contributed by atoms with Crippen LogP contribution in [0.4, 0.5) is 14.5 Å². The summed E-state index contributed by atoms with van der Waals surface area (Å²) in [5.41, 5.74) is 3.71. The SMILES string of the molecule is C=C/C=C\C(=C/C)CNc1cccc(C(C)NC(=C)/C=C/c2c(F)cccc2F)c1. The summed E-state index contributed by atoms with van der Waals surface area (Å²) in [6.07, 6.45) is 10.7. The van der Waals surface area contributed by atoms with E-state index in [2.05, 4.69) is 35.9 Å². The Morgan fingerprint density at radius 1 is 1.10 bits per heavy atom. The maximum absolute atomic E-state index is 13.7. The first-order valence-corrected chi connectivity index (χ1v) is 9.80. The van der Waals surface area contributed by atoms with E-state index in [1.807, 2.05) is 44.2 Å². The van der Waals surface area contributed by atoms with Gasteiger partial charge in [0.25, 0.3) is 0 Å². The highest BCUT2D eigenvalue weighted by Gasteiger charge is 2.07. The van der Waals surface area contributed by atoms with Gasteiger partial charge in [-0.05, 0) is 61.4 Å². The van der Waals surface area contributed by atoms with Crippen molar-refractivity contribution in [3.05, 3.63) is 120 Å². The third-order valence-corrected chi connectivity index (χ3v) is 4.55. The summed E-state index contributed by atoms with van der Waals surface area (Å²) in [4.78, 5) is 0. The number of hydrogen-bond acceptors (Lipinski definition) is 2. The highest BCUT2D eigenvalue weighted by atomic mass is 19.1. The molecule has 30 heavy (non-hydrogen) atoms. The van der Waals surface area contributed by atoms with E-state index in [0.29, 0.717) is 12.2 Å². The summed E-state index contributed by atoms with van der Waals surface area (Å²) < 4.78 is 27.5. The fourth-order valence-electron chi connectivity index (χ4n) is 2.83. The minimum absolute atomic E-state index is 0.0313. The van der Waals surface area contributed by atoms with E-state index in [4.69, 9.17) is 0 Å². The Hall–Kier alpha value is -3.40. The molecule has 2 nitrogen and oxygen atoms in total. The van der Waals surface area contributed by atoms with Crippen LogP contribution in [0.15, 0.2) is 97.3 Å². The zero-order valence-corrected chi connectivity index (χ0v) is 17.5. The van der Waals surface area contributed by atoms with E-state index in [9.17, 15) is 8.78 Å². The molecule has 2 rings (SSSR count). The Labute approximate surface area is 178 Å². The second-order valence-corrected chi connectivity index (χ2v) is 6.80. The lowest BCUT2D eigenvalue weighted by Gasteiger charge is -2.17. The molecule has 0 saturated heterocycles. The molecule has 0 saturated carbocycles. The first kappa shape index (κ1) is 22.9. The van der Waals surface area contributed by atoms with Crippen LogP contribution in [0.2, 0.25) is 0 Å². The predicted molar refractivity (Wildman–Crippen MR) is 124 cm³/mol. The van der Waals surface area contributed by atoms with Crippen LogP contribution in [-0.4, -0.2) is 6.54 Å². The summed E-state index contributed by atoms with van der Waals surface area (Å²) in [5.74, 6) is -1.20. The van der Waals surface area contributed by atoms with Gasteiger partial charge in [-0.25, -0.2) is 8.78 Å². The van der Waals surface area contributed by atoms with Gasteiger partial charge in [0.05, 0.1) is 0 Å². The molecule has 0 amide bonds. The van der Waals surface area contributed by atoms with Gasteiger partial charge in [0.1, 0.15) is 11.6 Å². The lowest BCUT2D eigenvalue weighted by Crippen LogP contribution is -2.16. The third-order valence-electron chi connectivity index (χ3n) is 4.55. The number of rotatable bonds is 10. The summed E-state index contributed by atoms with van der Waals surface area (Å²) in [6, 6.07) is 11.8. The Morgan fingerprint density at radius 2 is 1.80 bits per heavy atom. The molecular formula is C26H28F2N2. The number of hydrogen-bond donors (Lipinski definition) is 2. The normalized spacial score (nSPS) is 12.9. The van der Waals surface area contributed by atoms with Gasteiger partial charge in [0.2, 0.25) is 0 Å². The molecule has 0 aliphatic heterocycles. The first-order chi connectivity index (χ1) is 14.4. The standard InChI is InChI=1S/C26H28F2N2/c1-5-7-10-21(6-2)18-29-23-12-8-11-22(17-23)20(4)30-19(3)15-16-24-25(27)13-9-14-26(24)28/h5-17,20,29-30H,1,3,18H2,2,4H3/b10-7-,16-15+,21-6+. The highest BCUT2D eigenvalue weighted by Crippen LogP contribution is 2.20. The van der Waals surface area contributed by atoms with Crippen LogP contribution >= 0.6 is 0 Å². The van der Waals surface area contributed by atoms with Crippen molar-refractivity contribution < 1.29 is 8.78 Å². The van der Waals surface area contributed by atoms with Gasteiger partial charge < -0.3 is 10.6 Å². The van der Waals surface area contributed by atoms with Crippen molar-refractivity contribution in [1.29, 1.82) is 0 Å². The van der Waals surface area contributed by atoms with Gasteiger partial charge in [-0.3, -0.25) is 0 Å². The van der Waals surface area contributed by atoms with Crippen LogP contribution in [-0.2, 0) is 0 Å². The van der Waals surface area contributed by atoms with E-state index in [-0.39, 0.29) is 11.6 Å². The fourth-order valence-corrected chi connectivity index (χ4v) is 2.83. The summed E-state index contributed by atoms with van der Waals surface area (Å²) in [7, 11) is 0. The molecule has 0 aliphatic rings. The molecule has 0 spiro atoms. The Bertz CT molecular complexity index is 950. The summed E-state index contributed by atoms with van der Waals surface area (Å²) in [5, 5.41) is 6.66. The molecular weight excluding hydrogens is 378 g/mol. The average molecular weight is 407 g/mol. The van der Waals surface area contributed by atoms with Crippen LogP contribution < -0.4 is 10.6 Å². The Balaban J connectivity index is 2.00. The van der Waals surface area contributed by atoms with Gasteiger partial charge in [0.15, 0.2) is 0 Å². The molecule has 0 aromatic heterocycles. The molecule has 1 unspecified atom stereocenters. The van der Waals surface area contributed by atoms with E-state index in [0.717, 1.165) is 16.8 Å². The van der Waals surface area contributed by atoms with Crippen molar-refractivity contribution in [3.63, 3.8) is 0 Å². The van der Waals surface area contributed by atoms with Crippen LogP contribution in [0.1, 0.15) is 31.0 Å².